The Kier molecular flexibility index (Phi) is 8.90. The minimum absolute atomic E-state index is 0.0668. The monoisotopic (exact) mass is 617 g/mol. The molecule has 2 aliphatic heterocycles. The molecule has 4 amide bonds. The summed E-state index contributed by atoms with van der Waals surface area (Å²) >= 11 is 6.60. The second kappa shape index (κ2) is 12.6. The number of hydrogen-bond donors (Lipinski definition) is 3. The third kappa shape index (κ3) is 7.05. The Morgan fingerprint density at radius 2 is 1.73 bits per heavy atom. The minimum Gasteiger partial charge on any atom is -0.385 e. The van der Waals surface area contributed by atoms with Crippen molar-refractivity contribution in [1.82, 2.24) is 9.62 Å². The first kappa shape index (κ1) is 29.0. The number of thiophene rings is 1. The highest BCUT2D eigenvalue weighted by atomic mass is 35.5. The molecule has 3 aromatic rings. The number of ether oxygens (including phenoxy) is 1. The van der Waals surface area contributed by atoms with Crippen LogP contribution >= 0.6 is 22.9 Å². The molecule has 0 bridgehead atoms. The summed E-state index contributed by atoms with van der Waals surface area (Å²) in [7, 11) is -4.08. The molecule has 1 aromatic heterocycles. The Bertz CT molecular complexity index is 1550. The summed E-state index contributed by atoms with van der Waals surface area (Å²) in [6.07, 6.45) is 1.03. The van der Waals surface area contributed by atoms with Crippen molar-refractivity contribution in [2.75, 3.05) is 54.9 Å². The molecule has 0 spiro atoms. The van der Waals surface area contributed by atoms with E-state index in [0.29, 0.717) is 16.8 Å². The number of nitrogens with zero attached hydrogens (tertiary/aromatic N) is 2. The van der Waals surface area contributed by atoms with Crippen LogP contribution in [0.3, 0.4) is 0 Å². The number of amides is 4. The molecule has 41 heavy (non-hydrogen) atoms. The zero-order valence-corrected chi connectivity index (χ0v) is 24.3. The fraction of sp³-hybridized carbons (Fsp3) is 0.296. The van der Waals surface area contributed by atoms with E-state index in [2.05, 4.69) is 15.5 Å². The summed E-state index contributed by atoms with van der Waals surface area (Å²) in [5.74, 6) is -0.805. The van der Waals surface area contributed by atoms with E-state index in [4.69, 9.17) is 16.3 Å². The van der Waals surface area contributed by atoms with Crippen molar-refractivity contribution in [2.45, 2.75) is 17.1 Å². The standard InChI is InChI=1S/C27H28ClN5O6S2/c28-23-8-9-25(40-23)41(37,38)31-27(36)30-19-2-5-21(6-3-19)33-24(34)17-18-16-20(4-7-22(18)26(33)35)29-10-1-11-32-12-14-39-15-13-32/h2-9,16,29H,1,10-15,17H2,(H2,30,31,36). The van der Waals surface area contributed by atoms with Crippen LogP contribution < -0.4 is 20.3 Å². The van der Waals surface area contributed by atoms with Gasteiger partial charge in [0.15, 0.2) is 0 Å². The highest BCUT2D eigenvalue weighted by Gasteiger charge is 2.32. The molecular formula is C27H28ClN5O6S2. The molecule has 0 radical (unpaired) electrons. The molecule has 2 aromatic carbocycles. The molecule has 216 valence electrons. The predicted molar refractivity (Wildman–Crippen MR) is 157 cm³/mol. The van der Waals surface area contributed by atoms with Crippen molar-refractivity contribution >= 4 is 67.9 Å². The van der Waals surface area contributed by atoms with E-state index in [9.17, 15) is 22.8 Å². The lowest BCUT2D eigenvalue weighted by atomic mass is 9.97. The molecule has 5 rings (SSSR count). The molecule has 0 atom stereocenters. The molecule has 3 heterocycles. The third-order valence-corrected chi connectivity index (χ3v) is 9.69. The van der Waals surface area contributed by atoms with Crippen molar-refractivity contribution in [2.24, 2.45) is 0 Å². The van der Waals surface area contributed by atoms with E-state index in [-0.39, 0.29) is 26.6 Å². The predicted octanol–water partition coefficient (Wildman–Crippen LogP) is 3.78. The summed E-state index contributed by atoms with van der Waals surface area (Å²) in [6.45, 7) is 5.20. The van der Waals surface area contributed by atoms with Gasteiger partial charge in [0, 0.05) is 36.6 Å². The van der Waals surface area contributed by atoms with Crippen LogP contribution in [0.15, 0.2) is 58.8 Å². The number of hydrogen-bond acceptors (Lipinski definition) is 9. The van der Waals surface area contributed by atoms with Crippen molar-refractivity contribution < 1.29 is 27.5 Å². The van der Waals surface area contributed by atoms with E-state index in [0.717, 1.165) is 67.7 Å². The first-order valence-corrected chi connectivity index (χ1v) is 15.6. The number of fused-ring (bicyclic) bond motifs is 1. The van der Waals surface area contributed by atoms with Crippen LogP contribution in [0, 0.1) is 0 Å². The maximum Gasteiger partial charge on any atom is 0.333 e. The van der Waals surface area contributed by atoms with Crippen molar-refractivity contribution in [3.05, 3.63) is 70.1 Å². The summed E-state index contributed by atoms with van der Waals surface area (Å²) < 4.78 is 32.1. The van der Waals surface area contributed by atoms with Gasteiger partial charge in [-0.3, -0.25) is 14.5 Å². The highest BCUT2D eigenvalue weighted by molar-refractivity contribution is 7.92. The Hall–Kier alpha value is -3.49. The number of sulfonamides is 1. The zero-order chi connectivity index (χ0) is 29.0. The number of nitrogens with one attached hydrogen (secondary N) is 3. The SMILES string of the molecule is O=C(Nc1ccc(N2C(=O)Cc3cc(NCCCN4CCOCC4)ccc3C2=O)cc1)NS(=O)(=O)c1ccc(Cl)s1. The van der Waals surface area contributed by atoms with Crippen molar-refractivity contribution in [1.29, 1.82) is 0 Å². The van der Waals surface area contributed by atoms with Gasteiger partial charge < -0.3 is 15.4 Å². The average molecular weight is 618 g/mol. The van der Waals surface area contributed by atoms with E-state index >= 15 is 0 Å². The number of carbonyl (C=O) groups excluding carboxylic acids is 3. The Morgan fingerprint density at radius 3 is 2.44 bits per heavy atom. The van der Waals surface area contributed by atoms with Gasteiger partial charge >= 0.3 is 6.03 Å². The molecule has 3 N–H and O–H groups in total. The van der Waals surface area contributed by atoms with Crippen LogP contribution in [0.25, 0.3) is 0 Å². The van der Waals surface area contributed by atoms with Gasteiger partial charge in [0.2, 0.25) is 5.91 Å². The van der Waals surface area contributed by atoms with E-state index < -0.39 is 22.0 Å². The number of halogens is 1. The van der Waals surface area contributed by atoms with Gasteiger partial charge in [-0.2, -0.15) is 0 Å². The quantitative estimate of drug-likeness (QED) is 0.244. The van der Waals surface area contributed by atoms with Crippen LogP contribution in [0.5, 0.6) is 0 Å². The van der Waals surface area contributed by atoms with E-state index in [1.165, 1.54) is 36.4 Å². The summed E-state index contributed by atoms with van der Waals surface area (Å²) in [6, 6.07) is 13.1. The first-order valence-electron chi connectivity index (χ1n) is 12.9. The molecular weight excluding hydrogens is 590 g/mol. The molecule has 0 aliphatic carbocycles. The fourth-order valence-electron chi connectivity index (χ4n) is 4.62. The van der Waals surface area contributed by atoms with Crippen LogP contribution in [-0.4, -0.2) is 70.6 Å². The van der Waals surface area contributed by atoms with Gasteiger partial charge in [0.1, 0.15) is 4.21 Å². The van der Waals surface area contributed by atoms with Gasteiger partial charge in [-0.05, 0) is 73.1 Å². The van der Waals surface area contributed by atoms with Crippen LogP contribution in [0.4, 0.5) is 21.9 Å². The number of rotatable bonds is 9. The maximum absolute atomic E-state index is 13.2. The molecule has 2 aliphatic rings. The lowest BCUT2D eigenvalue weighted by Gasteiger charge is -2.27. The molecule has 14 heteroatoms. The van der Waals surface area contributed by atoms with Gasteiger partial charge in [-0.1, -0.05) is 11.6 Å². The van der Waals surface area contributed by atoms with Gasteiger partial charge in [0.05, 0.1) is 29.7 Å². The number of morpholine rings is 1. The number of urea groups is 1. The summed E-state index contributed by atoms with van der Waals surface area (Å²) in [4.78, 5) is 42.0. The summed E-state index contributed by atoms with van der Waals surface area (Å²) in [5.41, 5.74) is 2.58. The second-order valence-electron chi connectivity index (χ2n) is 9.48. The largest absolute Gasteiger partial charge is 0.385 e. The topological polar surface area (TPSA) is 137 Å². The fourth-order valence-corrected chi connectivity index (χ4v) is 7.01. The van der Waals surface area contributed by atoms with Crippen LogP contribution in [0.2, 0.25) is 4.34 Å². The van der Waals surface area contributed by atoms with Crippen molar-refractivity contribution in [3.8, 4) is 0 Å². The Morgan fingerprint density at radius 1 is 1.00 bits per heavy atom. The second-order valence-corrected chi connectivity index (χ2v) is 13.1. The molecule has 1 fully saturated rings. The zero-order valence-electron chi connectivity index (χ0n) is 21.9. The van der Waals surface area contributed by atoms with Gasteiger partial charge in [-0.25, -0.2) is 22.8 Å². The lowest BCUT2D eigenvalue weighted by molar-refractivity contribution is -0.117. The van der Waals surface area contributed by atoms with Crippen LogP contribution in [0.1, 0.15) is 22.3 Å². The first-order chi connectivity index (χ1) is 19.7. The average Bonchev–Trinajstić information content (AvgIpc) is 3.39. The van der Waals surface area contributed by atoms with E-state index in [1.54, 1.807) is 6.07 Å². The van der Waals surface area contributed by atoms with Gasteiger partial charge in [0.25, 0.3) is 15.9 Å². The maximum atomic E-state index is 13.2. The Balaban J connectivity index is 1.17. The highest BCUT2D eigenvalue weighted by Crippen LogP contribution is 2.29. The van der Waals surface area contributed by atoms with Gasteiger partial charge in [-0.15, -0.1) is 11.3 Å². The lowest BCUT2D eigenvalue weighted by Crippen LogP contribution is -2.42. The third-order valence-electron chi connectivity index (χ3n) is 6.64. The minimum atomic E-state index is -4.08. The normalized spacial score (nSPS) is 15.9. The molecule has 0 unspecified atom stereocenters. The van der Waals surface area contributed by atoms with Crippen LogP contribution in [-0.2, 0) is 26.0 Å². The van der Waals surface area contributed by atoms with E-state index in [1.807, 2.05) is 16.9 Å². The Labute approximate surface area is 246 Å². The molecule has 0 saturated carbocycles. The summed E-state index contributed by atoms with van der Waals surface area (Å²) in [5, 5.41) is 5.80. The number of benzene rings is 2. The molecule has 11 nitrogen and oxygen atoms in total. The number of carbonyl (C=O) groups is 3. The number of anilines is 3. The number of imide groups is 1. The molecule has 1 saturated heterocycles. The van der Waals surface area contributed by atoms with Crippen molar-refractivity contribution in [3.63, 3.8) is 0 Å². The smallest absolute Gasteiger partial charge is 0.333 e.